The molecule has 0 radical (unpaired) electrons. The largest absolute Gasteiger partial charge is 0.465 e. The van der Waals surface area contributed by atoms with E-state index in [1.165, 1.54) is 4.90 Å². The number of amides is 2. The van der Waals surface area contributed by atoms with E-state index in [0.717, 1.165) is 17.1 Å². The van der Waals surface area contributed by atoms with Crippen LogP contribution in [0, 0.1) is 6.92 Å². The SMILES string of the molecule is Cc1cc([C@@H]2CN(C(=O)C(C)N)CCN2C(=O)O)n(-c2ccccc2)n1. The number of aryl methyl sites for hydroxylation is 1. The van der Waals surface area contributed by atoms with E-state index < -0.39 is 18.2 Å². The summed E-state index contributed by atoms with van der Waals surface area (Å²) in [5.74, 6) is -0.178. The van der Waals surface area contributed by atoms with E-state index >= 15 is 0 Å². The number of benzene rings is 1. The zero-order valence-electron chi connectivity index (χ0n) is 14.9. The van der Waals surface area contributed by atoms with Crippen molar-refractivity contribution in [2.45, 2.75) is 25.9 Å². The number of nitrogens with two attached hydrogens (primary N) is 1. The number of rotatable bonds is 3. The van der Waals surface area contributed by atoms with Crippen LogP contribution < -0.4 is 5.73 Å². The van der Waals surface area contributed by atoms with E-state index in [4.69, 9.17) is 5.73 Å². The molecule has 0 aliphatic carbocycles. The number of nitrogens with zero attached hydrogens (tertiary/aromatic N) is 4. The van der Waals surface area contributed by atoms with Crippen LogP contribution in [0.1, 0.15) is 24.4 Å². The van der Waals surface area contributed by atoms with Gasteiger partial charge in [-0.1, -0.05) is 18.2 Å². The second-order valence-corrected chi connectivity index (χ2v) is 6.52. The van der Waals surface area contributed by atoms with Crippen molar-refractivity contribution in [1.29, 1.82) is 0 Å². The molecule has 1 saturated heterocycles. The number of hydrogen-bond acceptors (Lipinski definition) is 4. The predicted molar refractivity (Wildman–Crippen MR) is 96.0 cm³/mol. The maximum Gasteiger partial charge on any atom is 0.407 e. The highest BCUT2D eigenvalue weighted by Crippen LogP contribution is 2.28. The summed E-state index contributed by atoms with van der Waals surface area (Å²) in [7, 11) is 0. The molecule has 3 rings (SSSR count). The molecule has 1 unspecified atom stereocenters. The third-order valence-corrected chi connectivity index (χ3v) is 4.53. The number of carbonyl (C=O) groups excluding carboxylic acids is 1. The Morgan fingerprint density at radius 1 is 1.27 bits per heavy atom. The molecule has 1 aromatic carbocycles. The van der Waals surface area contributed by atoms with Crippen LogP contribution in [0.3, 0.4) is 0 Å². The van der Waals surface area contributed by atoms with Gasteiger partial charge in [0.15, 0.2) is 0 Å². The van der Waals surface area contributed by atoms with Gasteiger partial charge in [0.2, 0.25) is 5.91 Å². The lowest BCUT2D eigenvalue weighted by atomic mass is 10.1. The van der Waals surface area contributed by atoms with E-state index in [-0.39, 0.29) is 19.0 Å². The lowest BCUT2D eigenvalue weighted by Gasteiger charge is -2.40. The van der Waals surface area contributed by atoms with Gasteiger partial charge in [-0.25, -0.2) is 9.48 Å². The number of hydrogen-bond donors (Lipinski definition) is 2. The number of piperazine rings is 1. The summed E-state index contributed by atoms with van der Waals surface area (Å²) in [6.45, 7) is 4.32. The first-order valence-electron chi connectivity index (χ1n) is 8.54. The molecule has 0 saturated carbocycles. The van der Waals surface area contributed by atoms with Crippen LogP contribution in [0.25, 0.3) is 5.69 Å². The fourth-order valence-corrected chi connectivity index (χ4v) is 3.29. The molecule has 1 aliphatic heterocycles. The second-order valence-electron chi connectivity index (χ2n) is 6.52. The number of carboxylic acid groups (broad SMARTS) is 1. The Balaban J connectivity index is 2.01. The fraction of sp³-hybridized carbons (Fsp3) is 0.389. The second kappa shape index (κ2) is 7.17. The minimum absolute atomic E-state index is 0.178. The van der Waals surface area contributed by atoms with Crippen molar-refractivity contribution in [3.63, 3.8) is 0 Å². The van der Waals surface area contributed by atoms with Crippen LogP contribution in [0.5, 0.6) is 0 Å². The standard InChI is InChI=1S/C18H23N5O3/c1-12-10-15(23(20-12)14-6-4-3-5-7-14)16-11-21(17(24)13(2)19)8-9-22(16)18(25)26/h3-7,10,13,16H,8-9,11,19H2,1-2H3,(H,25,26)/t13?,16-/m0/s1. The molecule has 26 heavy (non-hydrogen) atoms. The Hall–Kier alpha value is -2.87. The summed E-state index contributed by atoms with van der Waals surface area (Å²) in [5, 5.41) is 14.2. The van der Waals surface area contributed by atoms with E-state index in [0.29, 0.717) is 6.54 Å². The zero-order valence-corrected chi connectivity index (χ0v) is 14.9. The molecule has 8 heteroatoms. The van der Waals surface area contributed by atoms with Crippen LogP contribution in [0.2, 0.25) is 0 Å². The van der Waals surface area contributed by atoms with Gasteiger partial charge in [0.05, 0.1) is 29.2 Å². The summed E-state index contributed by atoms with van der Waals surface area (Å²) < 4.78 is 1.75. The molecule has 0 spiro atoms. The minimum Gasteiger partial charge on any atom is -0.465 e. The first-order valence-corrected chi connectivity index (χ1v) is 8.54. The summed E-state index contributed by atoms with van der Waals surface area (Å²) in [6, 6.07) is 10.3. The predicted octanol–water partition coefficient (Wildman–Crippen LogP) is 1.39. The Kier molecular flexibility index (Phi) is 4.94. The lowest BCUT2D eigenvalue weighted by Crippen LogP contribution is -2.55. The summed E-state index contributed by atoms with van der Waals surface area (Å²) in [4.78, 5) is 27.1. The van der Waals surface area contributed by atoms with E-state index in [9.17, 15) is 14.7 Å². The van der Waals surface area contributed by atoms with Crippen molar-refractivity contribution in [3.8, 4) is 5.69 Å². The molecule has 2 heterocycles. The molecule has 1 fully saturated rings. The molecule has 0 bridgehead atoms. The highest BCUT2D eigenvalue weighted by Gasteiger charge is 2.36. The van der Waals surface area contributed by atoms with E-state index in [1.807, 2.05) is 43.3 Å². The Morgan fingerprint density at radius 3 is 2.58 bits per heavy atom. The molecule has 138 valence electrons. The first kappa shape index (κ1) is 17.9. The summed E-state index contributed by atoms with van der Waals surface area (Å²) in [5.41, 5.74) is 8.09. The molecular weight excluding hydrogens is 334 g/mol. The molecule has 8 nitrogen and oxygen atoms in total. The number of carbonyl (C=O) groups is 2. The van der Waals surface area contributed by atoms with Crippen molar-refractivity contribution in [2.24, 2.45) is 5.73 Å². The highest BCUT2D eigenvalue weighted by atomic mass is 16.4. The van der Waals surface area contributed by atoms with Crippen LogP contribution in [-0.4, -0.2) is 62.4 Å². The monoisotopic (exact) mass is 357 g/mol. The average Bonchev–Trinajstić information content (AvgIpc) is 3.02. The topological polar surface area (TPSA) is 105 Å². The zero-order chi connectivity index (χ0) is 18.8. The van der Waals surface area contributed by atoms with Crippen molar-refractivity contribution in [3.05, 3.63) is 47.8 Å². The lowest BCUT2D eigenvalue weighted by molar-refractivity contribution is -0.135. The summed E-state index contributed by atoms with van der Waals surface area (Å²) >= 11 is 0. The van der Waals surface area contributed by atoms with Crippen molar-refractivity contribution in [1.82, 2.24) is 19.6 Å². The van der Waals surface area contributed by atoms with Crippen LogP contribution in [0.4, 0.5) is 4.79 Å². The Bertz CT molecular complexity index is 802. The third kappa shape index (κ3) is 3.41. The van der Waals surface area contributed by atoms with E-state index in [1.54, 1.807) is 16.5 Å². The number of para-hydroxylation sites is 1. The Morgan fingerprint density at radius 2 is 1.96 bits per heavy atom. The minimum atomic E-state index is -1.01. The van der Waals surface area contributed by atoms with E-state index in [2.05, 4.69) is 5.10 Å². The fourth-order valence-electron chi connectivity index (χ4n) is 3.29. The van der Waals surface area contributed by atoms with Gasteiger partial charge in [-0.2, -0.15) is 5.10 Å². The molecular formula is C18H23N5O3. The van der Waals surface area contributed by atoms with Crippen LogP contribution in [-0.2, 0) is 4.79 Å². The van der Waals surface area contributed by atoms with Gasteiger partial charge in [0, 0.05) is 19.6 Å². The quantitative estimate of drug-likeness (QED) is 0.864. The van der Waals surface area contributed by atoms with Gasteiger partial charge in [-0.15, -0.1) is 0 Å². The molecule has 2 atom stereocenters. The third-order valence-electron chi connectivity index (χ3n) is 4.53. The molecule has 3 N–H and O–H groups in total. The van der Waals surface area contributed by atoms with Gasteiger partial charge in [0.25, 0.3) is 0 Å². The molecule has 1 aliphatic rings. The average molecular weight is 357 g/mol. The van der Waals surface area contributed by atoms with Crippen molar-refractivity contribution < 1.29 is 14.7 Å². The number of aromatic nitrogens is 2. The Labute approximate surface area is 151 Å². The van der Waals surface area contributed by atoms with Crippen molar-refractivity contribution in [2.75, 3.05) is 19.6 Å². The van der Waals surface area contributed by atoms with Gasteiger partial charge in [-0.3, -0.25) is 9.69 Å². The van der Waals surface area contributed by atoms with Crippen LogP contribution >= 0.6 is 0 Å². The molecule has 2 aromatic rings. The molecule has 1 aromatic heterocycles. The maximum absolute atomic E-state index is 12.3. The highest BCUT2D eigenvalue weighted by molar-refractivity contribution is 5.81. The summed E-state index contributed by atoms with van der Waals surface area (Å²) in [6.07, 6.45) is -1.01. The van der Waals surface area contributed by atoms with Gasteiger partial charge in [-0.05, 0) is 32.0 Å². The van der Waals surface area contributed by atoms with Gasteiger partial charge < -0.3 is 15.7 Å². The van der Waals surface area contributed by atoms with Gasteiger partial charge in [0.1, 0.15) is 0 Å². The van der Waals surface area contributed by atoms with Gasteiger partial charge >= 0.3 is 6.09 Å². The maximum atomic E-state index is 12.3. The molecule has 2 amide bonds. The normalized spacial score (nSPS) is 18.7. The van der Waals surface area contributed by atoms with Crippen molar-refractivity contribution >= 4 is 12.0 Å². The van der Waals surface area contributed by atoms with Crippen LogP contribution in [0.15, 0.2) is 36.4 Å². The first-order chi connectivity index (χ1) is 12.4. The smallest absolute Gasteiger partial charge is 0.407 e.